The predicted molar refractivity (Wildman–Crippen MR) is 119 cm³/mol. The van der Waals surface area contributed by atoms with Gasteiger partial charge in [-0.1, -0.05) is 101 Å². The van der Waals surface area contributed by atoms with Gasteiger partial charge in [0.1, 0.15) is 0 Å². The lowest BCUT2D eigenvalue weighted by Gasteiger charge is -2.18. The summed E-state index contributed by atoms with van der Waals surface area (Å²) in [7, 11) is 0. The Hall–Kier alpha value is -2.87. The van der Waals surface area contributed by atoms with Crippen molar-refractivity contribution in [2.75, 3.05) is 0 Å². The fraction of sp³-hybridized carbons (Fsp3) is 0.240. The van der Waals surface area contributed by atoms with Crippen molar-refractivity contribution in [3.8, 4) is 0 Å². The van der Waals surface area contributed by atoms with Crippen molar-refractivity contribution in [2.45, 2.75) is 40.0 Å². The molecule has 144 valence electrons. The van der Waals surface area contributed by atoms with Crippen molar-refractivity contribution in [1.82, 2.24) is 0 Å². The molecule has 2 nitrogen and oxygen atoms in total. The number of hydrogen-bond acceptors (Lipinski definition) is 1. The quantitative estimate of drug-likeness (QED) is 0.601. The molecule has 0 aliphatic rings. The second kappa shape index (κ2) is 11.7. The van der Waals surface area contributed by atoms with Crippen molar-refractivity contribution < 1.29 is 9.90 Å². The Balaban J connectivity index is 0.000000400. The van der Waals surface area contributed by atoms with Crippen LogP contribution in [0.1, 0.15) is 49.9 Å². The molecular formula is C25H32O2. The van der Waals surface area contributed by atoms with Crippen LogP contribution in [0.4, 0.5) is 0 Å². The van der Waals surface area contributed by atoms with Gasteiger partial charge in [-0.3, -0.25) is 0 Å². The van der Waals surface area contributed by atoms with E-state index >= 15 is 0 Å². The fourth-order valence-electron chi connectivity index (χ4n) is 1.94. The highest BCUT2D eigenvalue weighted by atomic mass is 16.4. The molecule has 2 rings (SSSR count). The molecule has 0 saturated heterocycles. The lowest BCUT2D eigenvalue weighted by atomic mass is 9.87. The highest BCUT2D eigenvalue weighted by molar-refractivity contribution is 5.84. The summed E-state index contributed by atoms with van der Waals surface area (Å²) >= 11 is 0. The first-order valence-electron chi connectivity index (χ1n) is 8.82. The number of aliphatic carboxylic acids is 1. The lowest BCUT2D eigenvalue weighted by molar-refractivity contribution is -0.132. The standard InChI is InChI=1S/C12H16.C9H10.C4H6O2/c1-5-10-6-8-11(9-7-10)12(2,3)4;1-3-9-7-5-4-6-8(9)2;1-3(2)4(5)6/h5-9H,1H2,2-4H3;3-7H,1H2,2H3;1H2,2H3,(H,5,6). The third-order valence-corrected chi connectivity index (χ3v) is 3.79. The monoisotopic (exact) mass is 364 g/mol. The second-order valence-electron chi connectivity index (χ2n) is 7.22. The van der Waals surface area contributed by atoms with Crippen molar-refractivity contribution in [3.05, 3.63) is 96.1 Å². The Morgan fingerprint density at radius 3 is 1.74 bits per heavy atom. The molecule has 0 unspecified atom stereocenters. The molecule has 2 aromatic rings. The van der Waals surface area contributed by atoms with Crippen LogP contribution in [-0.2, 0) is 10.2 Å². The third kappa shape index (κ3) is 10.0. The molecule has 0 saturated carbocycles. The highest BCUT2D eigenvalue weighted by Crippen LogP contribution is 2.22. The van der Waals surface area contributed by atoms with E-state index in [2.05, 4.69) is 83.8 Å². The van der Waals surface area contributed by atoms with Crippen molar-refractivity contribution >= 4 is 18.1 Å². The molecule has 0 aliphatic heterocycles. The average molecular weight is 365 g/mol. The summed E-state index contributed by atoms with van der Waals surface area (Å²) in [6.07, 6.45) is 3.74. The van der Waals surface area contributed by atoms with E-state index in [0.717, 1.165) is 0 Å². The van der Waals surface area contributed by atoms with Crippen molar-refractivity contribution in [1.29, 1.82) is 0 Å². The van der Waals surface area contributed by atoms with Gasteiger partial charge in [0.05, 0.1) is 0 Å². The normalized spacial score (nSPS) is 9.67. The first-order chi connectivity index (χ1) is 12.5. The molecule has 0 aliphatic carbocycles. The van der Waals surface area contributed by atoms with E-state index in [1.165, 1.54) is 29.2 Å². The van der Waals surface area contributed by atoms with Gasteiger partial charge in [0, 0.05) is 5.57 Å². The Morgan fingerprint density at radius 1 is 0.963 bits per heavy atom. The zero-order valence-electron chi connectivity index (χ0n) is 17.3. The van der Waals surface area contributed by atoms with Crippen LogP contribution in [0.5, 0.6) is 0 Å². The minimum Gasteiger partial charge on any atom is -0.478 e. The topological polar surface area (TPSA) is 37.3 Å². The van der Waals surface area contributed by atoms with Crippen LogP contribution in [0.15, 0.2) is 73.8 Å². The Morgan fingerprint density at radius 2 is 1.44 bits per heavy atom. The van der Waals surface area contributed by atoms with E-state index in [0.29, 0.717) is 0 Å². The van der Waals surface area contributed by atoms with Gasteiger partial charge in [0.25, 0.3) is 0 Å². The summed E-state index contributed by atoms with van der Waals surface area (Å²) in [5.41, 5.74) is 5.48. The summed E-state index contributed by atoms with van der Waals surface area (Å²) in [6.45, 7) is 20.8. The molecule has 0 radical (unpaired) electrons. The van der Waals surface area contributed by atoms with Gasteiger partial charge >= 0.3 is 5.97 Å². The first-order valence-corrected chi connectivity index (χ1v) is 8.82. The summed E-state index contributed by atoms with van der Waals surface area (Å²) in [6, 6.07) is 16.7. The van der Waals surface area contributed by atoms with Crippen LogP contribution < -0.4 is 0 Å². The van der Waals surface area contributed by atoms with E-state index in [1.807, 2.05) is 24.3 Å². The second-order valence-corrected chi connectivity index (χ2v) is 7.22. The minimum atomic E-state index is -0.935. The number of aryl methyl sites for hydroxylation is 1. The predicted octanol–water partition coefficient (Wildman–Crippen LogP) is 6.91. The van der Waals surface area contributed by atoms with Gasteiger partial charge in [-0.2, -0.15) is 0 Å². The molecule has 0 bridgehead atoms. The van der Waals surface area contributed by atoms with Gasteiger partial charge in [-0.25, -0.2) is 4.79 Å². The van der Waals surface area contributed by atoms with E-state index < -0.39 is 5.97 Å². The Bertz CT molecular complexity index is 748. The van der Waals surface area contributed by atoms with Gasteiger partial charge in [-0.15, -0.1) is 0 Å². The maximum Gasteiger partial charge on any atom is 0.330 e. The van der Waals surface area contributed by atoms with Gasteiger partial charge in [-0.05, 0) is 41.5 Å². The van der Waals surface area contributed by atoms with Gasteiger partial charge in [0.2, 0.25) is 0 Å². The number of carboxylic acid groups (broad SMARTS) is 1. The molecule has 0 atom stereocenters. The maximum absolute atomic E-state index is 9.60. The largest absolute Gasteiger partial charge is 0.478 e. The van der Waals surface area contributed by atoms with Crippen LogP contribution in [0.25, 0.3) is 12.2 Å². The average Bonchev–Trinajstić information content (AvgIpc) is 2.62. The SMILES string of the molecule is C=C(C)C(=O)O.C=Cc1ccc(C(C)(C)C)cc1.C=Cc1ccccc1C. The molecule has 1 N–H and O–H groups in total. The van der Waals surface area contributed by atoms with Crippen LogP contribution in [0, 0.1) is 6.92 Å². The number of benzene rings is 2. The molecule has 0 amide bonds. The number of hydrogen-bond donors (Lipinski definition) is 1. The van der Waals surface area contributed by atoms with Crippen LogP contribution >= 0.6 is 0 Å². The molecule has 0 fully saturated rings. The number of rotatable bonds is 3. The van der Waals surface area contributed by atoms with E-state index in [1.54, 1.807) is 0 Å². The molecule has 2 aromatic carbocycles. The molecule has 2 heteroatoms. The highest BCUT2D eigenvalue weighted by Gasteiger charge is 2.12. The Labute approximate surface area is 164 Å². The number of carboxylic acids is 1. The van der Waals surface area contributed by atoms with Gasteiger partial charge < -0.3 is 5.11 Å². The lowest BCUT2D eigenvalue weighted by Crippen LogP contribution is -2.10. The summed E-state index contributed by atoms with van der Waals surface area (Å²) in [4.78, 5) is 9.60. The van der Waals surface area contributed by atoms with Crippen LogP contribution in [0.2, 0.25) is 0 Å². The zero-order valence-corrected chi connectivity index (χ0v) is 17.3. The molecular weight excluding hydrogens is 332 g/mol. The minimum absolute atomic E-state index is 0.176. The van der Waals surface area contributed by atoms with E-state index in [-0.39, 0.29) is 11.0 Å². The van der Waals surface area contributed by atoms with E-state index in [4.69, 9.17) is 5.11 Å². The molecule has 0 heterocycles. The van der Waals surface area contributed by atoms with Crippen molar-refractivity contribution in [2.24, 2.45) is 0 Å². The van der Waals surface area contributed by atoms with Crippen LogP contribution in [0.3, 0.4) is 0 Å². The summed E-state index contributed by atoms with van der Waals surface area (Å²) in [5, 5.41) is 7.89. The van der Waals surface area contributed by atoms with Gasteiger partial charge in [0.15, 0.2) is 0 Å². The molecule has 27 heavy (non-hydrogen) atoms. The number of carbonyl (C=O) groups is 1. The third-order valence-electron chi connectivity index (χ3n) is 3.79. The maximum atomic E-state index is 9.60. The van der Waals surface area contributed by atoms with Crippen LogP contribution in [-0.4, -0.2) is 11.1 Å². The smallest absolute Gasteiger partial charge is 0.330 e. The van der Waals surface area contributed by atoms with E-state index in [9.17, 15) is 4.79 Å². The Kier molecular flexibility index (Phi) is 10.4. The zero-order chi connectivity index (χ0) is 21.0. The molecule has 0 aromatic heterocycles. The fourth-order valence-corrected chi connectivity index (χ4v) is 1.94. The van der Waals surface area contributed by atoms with Crippen molar-refractivity contribution in [3.63, 3.8) is 0 Å². The summed E-state index contributed by atoms with van der Waals surface area (Å²) in [5.74, 6) is -0.935. The first kappa shape index (κ1) is 24.1. The summed E-state index contributed by atoms with van der Waals surface area (Å²) < 4.78 is 0. The molecule has 0 spiro atoms.